The lowest BCUT2D eigenvalue weighted by molar-refractivity contribution is 0.319. The van der Waals surface area contributed by atoms with Crippen molar-refractivity contribution in [3.8, 4) is 28.9 Å². The third-order valence-electron chi connectivity index (χ3n) is 4.19. The molecule has 0 aliphatic heterocycles. The Balaban J connectivity index is 1.79. The van der Waals surface area contributed by atoms with Crippen LogP contribution in [0.15, 0.2) is 53.9 Å². The van der Waals surface area contributed by atoms with Crippen LogP contribution < -0.4 is 24.3 Å². The van der Waals surface area contributed by atoms with E-state index in [1.54, 1.807) is 70.8 Å². The van der Waals surface area contributed by atoms with Gasteiger partial charge in [-0.2, -0.15) is 4.98 Å². The highest BCUT2D eigenvalue weighted by molar-refractivity contribution is 5.98. The molecule has 1 heterocycles. The molecule has 156 valence electrons. The van der Waals surface area contributed by atoms with Crippen LogP contribution in [0.5, 0.6) is 28.9 Å². The van der Waals surface area contributed by atoms with Crippen molar-refractivity contribution in [1.82, 2.24) is 9.97 Å². The molecule has 30 heavy (non-hydrogen) atoms. The van der Waals surface area contributed by atoms with Gasteiger partial charge in [-0.3, -0.25) is 4.98 Å². The number of hydrogen-bond donors (Lipinski definition) is 2. The van der Waals surface area contributed by atoms with Crippen LogP contribution in [-0.4, -0.2) is 42.2 Å². The van der Waals surface area contributed by atoms with Gasteiger partial charge < -0.3 is 29.5 Å². The fourth-order valence-electron chi connectivity index (χ4n) is 2.70. The zero-order valence-electron chi connectivity index (χ0n) is 17.0. The van der Waals surface area contributed by atoms with E-state index in [1.165, 1.54) is 6.20 Å². The number of nitrogens with zero attached hydrogens (tertiary/aromatic N) is 3. The summed E-state index contributed by atoms with van der Waals surface area (Å²) in [6.45, 7) is 1.71. The summed E-state index contributed by atoms with van der Waals surface area (Å²) in [5.41, 5.74) is 1.98. The summed E-state index contributed by atoms with van der Waals surface area (Å²) in [6.07, 6.45) is 3.08. The molecule has 0 saturated heterocycles. The molecule has 0 fully saturated rings. The van der Waals surface area contributed by atoms with Crippen LogP contribution in [0.2, 0.25) is 0 Å². The van der Waals surface area contributed by atoms with Crippen LogP contribution in [0.4, 0.5) is 11.5 Å². The Morgan fingerprint density at radius 1 is 0.967 bits per heavy atom. The Morgan fingerprint density at radius 2 is 1.63 bits per heavy atom. The van der Waals surface area contributed by atoms with Gasteiger partial charge in [0.1, 0.15) is 5.75 Å². The van der Waals surface area contributed by atoms with Gasteiger partial charge in [-0.25, -0.2) is 0 Å². The fourth-order valence-corrected chi connectivity index (χ4v) is 2.70. The van der Waals surface area contributed by atoms with E-state index in [0.717, 1.165) is 5.56 Å². The van der Waals surface area contributed by atoms with Crippen LogP contribution in [0.25, 0.3) is 0 Å². The summed E-state index contributed by atoms with van der Waals surface area (Å²) in [5.74, 6) is 2.89. The minimum absolute atomic E-state index is 0.313. The number of hydrogen-bond acceptors (Lipinski definition) is 9. The van der Waals surface area contributed by atoms with E-state index in [-0.39, 0.29) is 0 Å². The summed E-state index contributed by atoms with van der Waals surface area (Å²) in [5, 5.41) is 15.2. The van der Waals surface area contributed by atoms with E-state index in [1.807, 2.05) is 0 Å². The number of benzene rings is 2. The molecule has 9 heteroatoms. The van der Waals surface area contributed by atoms with Gasteiger partial charge >= 0.3 is 0 Å². The first-order valence-corrected chi connectivity index (χ1v) is 8.94. The van der Waals surface area contributed by atoms with Crippen LogP contribution in [0.3, 0.4) is 0 Å². The van der Waals surface area contributed by atoms with Gasteiger partial charge in [0.15, 0.2) is 17.3 Å². The summed E-state index contributed by atoms with van der Waals surface area (Å²) >= 11 is 0. The molecule has 3 aromatic rings. The molecule has 0 atom stereocenters. The summed E-state index contributed by atoms with van der Waals surface area (Å²) in [4.78, 5) is 8.58. The maximum Gasteiger partial charge on any atom is 0.239 e. The maximum absolute atomic E-state index is 8.85. The lowest BCUT2D eigenvalue weighted by Crippen LogP contribution is -2.00. The smallest absolute Gasteiger partial charge is 0.239 e. The molecule has 2 aromatic carbocycles. The highest BCUT2D eigenvalue weighted by Crippen LogP contribution is 2.40. The van der Waals surface area contributed by atoms with Crippen molar-refractivity contribution in [3.05, 3.63) is 54.4 Å². The minimum Gasteiger partial charge on any atom is -0.493 e. The number of anilines is 2. The van der Waals surface area contributed by atoms with Crippen molar-refractivity contribution in [2.24, 2.45) is 5.16 Å². The highest BCUT2D eigenvalue weighted by atomic mass is 16.5. The van der Waals surface area contributed by atoms with Crippen LogP contribution in [0, 0.1) is 0 Å². The zero-order chi connectivity index (χ0) is 21.5. The van der Waals surface area contributed by atoms with E-state index in [4.69, 9.17) is 24.2 Å². The van der Waals surface area contributed by atoms with E-state index in [0.29, 0.717) is 46.1 Å². The summed E-state index contributed by atoms with van der Waals surface area (Å²) in [6, 6.07) is 10.6. The largest absolute Gasteiger partial charge is 0.493 e. The van der Waals surface area contributed by atoms with Gasteiger partial charge in [0, 0.05) is 17.8 Å². The number of ether oxygens (including phenoxy) is 4. The molecule has 0 saturated carbocycles. The average Bonchev–Trinajstić information content (AvgIpc) is 2.78. The monoisotopic (exact) mass is 410 g/mol. The summed E-state index contributed by atoms with van der Waals surface area (Å²) in [7, 11) is 4.65. The van der Waals surface area contributed by atoms with Gasteiger partial charge in [-0.05, 0) is 36.8 Å². The van der Waals surface area contributed by atoms with Crippen LogP contribution in [0.1, 0.15) is 12.5 Å². The van der Waals surface area contributed by atoms with Gasteiger partial charge in [0.25, 0.3) is 0 Å². The predicted molar refractivity (Wildman–Crippen MR) is 112 cm³/mol. The van der Waals surface area contributed by atoms with Crippen molar-refractivity contribution in [2.75, 3.05) is 26.6 Å². The highest BCUT2D eigenvalue weighted by Gasteiger charge is 2.14. The standard InChI is InChI=1S/C21H22N4O5/c1-13(25-26)14-5-7-16(8-6-14)30-20-12-22-11-19(24-20)23-15-9-17(27-2)21(29-4)18(10-15)28-3/h5-12,26H,1-4H3,(H,23,24)/b25-13+. The van der Waals surface area contributed by atoms with Gasteiger partial charge in [-0.1, -0.05) is 5.16 Å². The number of nitrogens with one attached hydrogen (secondary N) is 1. The topological polar surface area (TPSA) is 107 Å². The quantitative estimate of drug-likeness (QED) is 0.323. The number of rotatable bonds is 8. The first-order chi connectivity index (χ1) is 14.6. The zero-order valence-corrected chi connectivity index (χ0v) is 17.0. The molecular formula is C21H22N4O5. The Bertz CT molecular complexity index is 1010. The van der Waals surface area contributed by atoms with Crippen LogP contribution in [-0.2, 0) is 0 Å². The molecule has 9 nitrogen and oxygen atoms in total. The van der Waals surface area contributed by atoms with E-state index < -0.39 is 0 Å². The second-order valence-electron chi connectivity index (χ2n) is 6.09. The van der Waals surface area contributed by atoms with Crippen molar-refractivity contribution in [1.29, 1.82) is 0 Å². The van der Waals surface area contributed by atoms with E-state index >= 15 is 0 Å². The lowest BCUT2D eigenvalue weighted by Gasteiger charge is -2.15. The average molecular weight is 410 g/mol. The number of methoxy groups -OCH3 is 3. The van der Waals surface area contributed by atoms with Crippen molar-refractivity contribution in [3.63, 3.8) is 0 Å². The first-order valence-electron chi connectivity index (χ1n) is 8.94. The maximum atomic E-state index is 8.85. The molecule has 0 unspecified atom stereocenters. The SMILES string of the molecule is COc1cc(Nc2cncc(Oc3ccc(/C(C)=N/O)cc3)n2)cc(OC)c1OC. The van der Waals surface area contributed by atoms with Gasteiger partial charge in [0.05, 0.1) is 39.4 Å². The van der Waals surface area contributed by atoms with Crippen LogP contribution >= 0.6 is 0 Å². The molecule has 0 aliphatic rings. The van der Waals surface area contributed by atoms with Crippen molar-refractivity contribution < 1.29 is 24.2 Å². The normalized spacial score (nSPS) is 11.0. The number of aromatic nitrogens is 2. The lowest BCUT2D eigenvalue weighted by atomic mass is 10.1. The Kier molecular flexibility index (Phi) is 6.53. The molecule has 2 N–H and O–H groups in total. The number of oxime groups is 1. The molecule has 0 radical (unpaired) electrons. The molecule has 3 rings (SSSR count). The molecule has 0 aliphatic carbocycles. The minimum atomic E-state index is 0.313. The third-order valence-corrected chi connectivity index (χ3v) is 4.19. The molecule has 1 aromatic heterocycles. The molecule has 0 amide bonds. The summed E-state index contributed by atoms with van der Waals surface area (Å²) < 4.78 is 21.8. The second kappa shape index (κ2) is 9.46. The predicted octanol–water partition coefficient (Wildman–Crippen LogP) is 4.24. The Hall–Kier alpha value is -4.01. The first kappa shape index (κ1) is 20.7. The Labute approximate surface area is 173 Å². The fraction of sp³-hybridized carbons (Fsp3) is 0.190. The van der Waals surface area contributed by atoms with Gasteiger partial charge in [0.2, 0.25) is 11.6 Å². The molecule has 0 bridgehead atoms. The Morgan fingerprint density at radius 3 is 2.20 bits per heavy atom. The van der Waals surface area contributed by atoms with Crippen molar-refractivity contribution in [2.45, 2.75) is 6.92 Å². The van der Waals surface area contributed by atoms with Gasteiger partial charge in [-0.15, -0.1) is 0 Å². The van der Waals surface area contributed by atoms with E-state index in [2.05, 4.69) is 20.4 Å². The second-order valence-corrected chi connectivity index (χ2v) is 6.09. The molecular weight excluding hydrogens is 388 g/mol. The third kappa shape index (κ3) is 4.69. The van der Waals surface area contributed by atoms with E-state index in [9.17, 15) is 0 Å². The molecule has 0 spiro atoms. The van der Waals surface area contributed by atoms with Crippen molar-refractivity contribution >= 4 is 17.2 Å².